The molecule has 0 aliphatic heterocycles. The highest BCUT2D eigenvalue weighted by Crippen LogP contribution is 2.24. The van der Waals surface area contributed by atoms with E-state index in [1.165, 1.54) is 11.3 Å². The molecular formula is C18H13ClN4O2S. The highest BCUT2D eigenvalue weighted by molar-refractivity contribution is 7.13. The van der Waals surface area contributed by atoms with Crippen LogP contribution in [0.25, 0.3) is 22.4 Å². The maximum atomic E-state index is 11.8. The van der Waals surface area contributed by atoms with E-state index in [0.29, 0.717) is 15.9 Å². The molecule has 4 aromatic rings. The molecule has 26 heavy (non-hydrogen) atoms. The Bertz CT molecular complexity index is 1040. The zero-order valence-corrected chi connectivity index (χ0v) is 15.0. The molecule has 0 saturated heterocycles. The van der Waals surface area contributed by atoms with E-state index in [0.717, 1.165) is 22.4 Å². The van der Waals surface area contributed by atoms with Crippen molar-refractivity contribution < 1.29 is 9.53 Å². The molecule has 2 aromatic carbocycles. The Hall–Kier alpha value is -2.90. The third kappa shape index (κ3) is 3.68. The number of nitrogens with zero attached hydrogens (tertiary/aromatic N) is 2. The summed E-state index contributed by atoms with van der Waals surface area (Å²) < 4.78 is 5.50. The van der Waals surface area contributed by atoms with E-state index < -0.39 is 0 Å². The number of hydrogen-bond acceptors (Lipinski definition) is 5. The zero-order valence-electron chi connectivity index (χ0n) is 13.4. The summed E-state index contributed by atoms with van der Waals surface area (Å²) in [6.45, 7) is -0.0813. The van der Waals surface area contributed by atoms with Crippen LogP contribution in [0.5, 0.6) is 5.75 Å². The van der Waals surface area contributed by atoms with E-state index in [2.05, 4.69) is 20.3 Å². The van der Waals surface area contributed by atoms with Gasteiger partial charge in [-0.1, -0.05) is 11.6 Å². The normalized spacial score (nSPS) is 10.8. The van der Waals surface area contributed by atoms with Crippen molar-refractivity contribution in [2.24, 2.45) is 0 Å². The Labute approximate surface area is 157 Å². The summed E-state index contributed by atoms with van der Waals surface area (Å²) in [5.41, 5.74) is 2.65. The van der Waals surface area contributed by atoms with Gasteiger partial charge in [-0.2, -0.15) is 0 Å². The lowest BCUT2D eigenvalue weighted by Gasteiger charge is -2.06. The minimum atomic E-state index is -0.252. The van der Waals surface area contributed by atoms with Crippen molar-refractivity contribution in [1.82, 2.24) is 15.0 Å². The average molecular weight is 385 g/mol. The van der Waals surface area contributed by atoms with Crippen LogP contribution < -0.4 is 10.1 Å². The van der Waals surface area contributed by atoms with Crippen LogP contribution in [0.1, 0.15) is 0 Å². The monoisotopic (exact) mass is 384 g/mol. The Balaban J connectivity index is 1.41. The van der Waals surface area contributed by atoms with Crippen molar-refractivity contribution in [3.05, 3.63) is 59.1 Å². The third-order valence-electron chi connectivity index (χ3n) is 3.62. The highest BCUT2D eigenvalue weighted by atomic mass is 35.5. The average Bonchev–Trinajstić information content (AvgIpc) is 3.29. The first-order valence-electron chi connectivity index (χ1n) is 7.75. The number of aromatic nitrogens is 3. The van der Waals surface area contributed by atoms with Gasteiger partial charge in [-0.15, -0.1) is 11.3 Å². The van der Waals surface area contributed by atoms with Crippen LogP contribution in [0.4, 0.5) is 5.13 Å². The molecule has 2 N–H and O–H groups in total. The van der Waals surface area contributed by atoms with Crippen molar-refractivity contribution >= 4 is 45.0 Å². The first kappa shape index (κ1) is 16.6. The van der Waals surface area contributed by atoms with E-state index in [1.54, 1.807) is 23.7 Å². The van der Waals surface area contributed by atoms with Gasteiger partial charge in [-0.3, -0.25) is 10.1 Å². The van der Waals surface area contributed by atoms with Crippen molar-refractivity contribution in [2.45, 2.75) is 0 Å². The minimum absolute atomic E-state index is 0.0813. The number of imidazole rings is 1. The van der Waals surface area contributed by atoms with E-state index in [1.807, 2.05) is 30.3 Å². The standard InChI is InChI=1S/C18H13ClN4O2S/c19-12-3-6-14-15(9-12)22-17(21-14)11-1-4-13(5-2-11)25-10-16(24)23-18-20-7-8-26-18/h1-9H,10H2,(H,21,22)(H,20,23,24). The van der Waals surface area contributed by atoms with Gasteiger partial charge >= 0.3 is 0 Å². The van der Waals surface area contributed by atoms with Crippen LogP contribution in [0.2, 0.25) is 5.02 Å². The number of thiazole rings is 1. The minimum Gasteiger partial charge on any atom is -0.484 e. The first-order chi connectivity index (χ1) is 12.7. The zero-order chi connectivity index (χ0) is 17.9. The number of hydrogen-bond donors (Lipinski definition) is 2. The van der Waals surface area contributed by atoms with Crippen molar-refractivity contribution in [2.75, 3.05) is 11.9 Å². The fourth-order valence-corrected chi connectivity index (χ4v) is 3.13. The van der Waals surface area contributed by atoms with Gasteiger partial charge in [0.15, 0.2) is 11.7 Å². The lowest BCUT2D eigenvalue weighted by molar-refractivity contribution is -0.118. The summed E-state index contributed by atoms with van der Waals surface area (Å²) in [4.78, 5) is 23.6. The summed E-state index contributed by atoms with van der Waals surface area (Å²) in [6.07, 6.45) is 1.63. The number of amides is 1. The Morgan fingerprint density at radius 3 is 2.85 bits per heavy atom. The second-order valence-electron chi connectivity index (χ2n) is 5.45. The number of nitrogens with one attached hydrogen (secondary N) is 2. The number of anilines is 1. The summed E-state index contributed by atoms with van der Waals surface area (Å²) in [5, 5.41) is 5.67. The predicted octanol–water partition coefficient (Wildman–Crippen LogP) is 4.36. The van der Waals surface area contributed by atoms with Crippen molar-refractivity contribution in [1.29, 1.82) is 0 Å². The molecule has 130 valence electrons. The van der Waals surface area contributed by atoms with E-state index in [4.69, 9.17) is 16.3 Å². The second kappa shape index (κ2) is 7.15. The maximum absolute atomic E-state index is 11.8. The molecule has 1 amide bonds. The molecule has 0 aliphatic carbocycles. The molecule has 0 spiro atoms. The number of carbonyl (C=O) groups excluding carboxylic acids is 1. The molecule has 4 rings (SSSR count). The third-order valence-corrected chi connectivity index (χ3v) is 4.54. The number of benzene rings is 2. The van der Waals surface area contributed by atoms with E-state index in [9.17, 15) is 4.79 Å². The number of aromatic amines is 1. The fraction of sp³-hybridized carbons (Fsp3) is 0.0556. The largest absolute Gasteiger partial charge is 0.484 e. The van der Waals surface area contributed by atoms with Gasteiger partial charge in [0.2, 0.25) is 0 Å². The quantitative estimate of drug-likeness (QED) is 0.535. The van der Waals surface area contributed by atoms with Crippen molar-refractivity contribution in [3.8, 4) is 17.1 Å². The summed E-state index contributed by atoms with van der Waals surface area (Å²) in [5.74, 6) is 1.09. The highest BCUT2D eigenvalue weighted by Gasteiger charge is 2.08. The van der Waals surface area contributed by atoms with Crippen LogP contribution in [0.15, 0.2) is 54.0 Å². The number of rotatable bonds is 5. The van der Waals surface area contributed by atoms with Crippen LogP contribution in [0.3, 0.4) is 0 Å². The van der Waals surface area contributed by atoms with Gasteiger partial charge < -0.3 is 9.72 Å². The molecule has 0 bridgehead atoms. The summed E-state index contributed by atoms with van der Waals surface area (Å²) in [7, 11) is 0. The Morgan fingerprint density at radius 2 is 2.08 bits per heavy atom. The van der Waals surface area contributed by atoms with E-state index in [-0.39, 0.29) is 12.5 Å². The second-order valence-corrected chi connectivity index (χ2v) is 6.78. The Kier molecular flexibility index (Phi) is 4.55. The van der Waals surface area contributed by atoms with E-state index >= 15 is 0 Å². The van der Waals surface area contributed by atoms with Crippen molar-refractivity contribution in [3.63, 3.8) is 0 Å². The van der Waals surface area contributed by atoms with Gasteiger partial charge in [0.25, 0.3) is 5.91 Å². The molecule has 0 radical (unpaired) electrons. The number of ether oxygens (including phenoxy) is 1. The first-order valence-corrected chi connectivity index (χ1v) is 9.01. The molecule has 6 nitrogen and oxygen atoms in total. The molecule has 2 heterocycles. The smallest absolute Gasteiger partial charge is 0.264 e. The summed E-state index contributed by atoms with van der Waals surface area (Å²) >= 11 is 7.36. The van der Waals surface area contributed by atoms with Crippen LogP contribution in [-0.2, 0) is 4.79 Å². The number of halogens is 1. The number of H-pyrrole nitrogens is 1. The van der Waals surface area contributed by atoms with Gasteiger partial charge in [0.1, 0.15) is 11.6 Å². The molecule has 0 aliphatic rings. The van der Waals surface area contributed by atoms with Gasteiger partial charge in [-0.05, 0) is 42.5 Å². The SMILES string of the molecule is O=C(COc1ccc(-c2nc3ccc(Cl)cc3[nH]2)cc1)Nc1nccs1. The Morgan fingerprint density at radius 1 is 1.23 bits per heavy atom. The predicted molar refractivity (Wildman–Crippen MR) is 103 cm³/mol. The molecule has 0 unspecified atom stereocenters. The summed E-state index contributed by atoms with van der Waals surface area (Å²) in [6, 6.07) is 12.9. The lowest BCUT2D eigenvalue weighted by Crippen LogP contribution is -2.19. The topological polar surface area (TPSA) is 79.9 Å². The van der Waals surface area contributed by atoms with Crippen LogP contribution >= 0.6 is 22.9 Å². The number of carbonyl (C=O) groups is 1. The molecular weight excluding hydrogens is 372 g/mol. The molecule has 8 heteroatoms. The molecule has 0 fully saturated rings. The molecule has 0 atom stereocenters. The van der Waals surface area contributed by atoms with Gasteiger partial charge in [0.05, 0.1) is 11.0 Å². The number of fused-ring (bicyclic) bond motifs is 1. The maximum Gasteiger partial charge on any atom is 0.264 e. The fourth-order valence-electron chi connectivity index (χ4n) is 2.42. The lowest BCUT2D eigenvalue weighted by atomic mass is 10.2. The van der Waals surface area contributed by atoms with Crippen LogP contribution in [-0.4, -0.2) is 27.5 Å². The molecule has 2 aromatic heterocycles. The molecule has 0 saturated carbocycles. The van der Waals surface area contributed by atoms with Gasteiger partial charge in [0, 0.05) is 22.2 Å². The van der Waals surface area contributed by atoms with Gasteiger partial charge in [-0.25, -0.2) is 9.97 Å². The van der Waals surface area contributed by atoms with Crippen LogP contribution in [0, 0.1) is 0 Å².